The minimum absolute atomic E-state index is 0. The molecule has 1 aromatic carbocycles. The number of ether oxygens (including phenoxy) is 1. The molecule has 0 amide bonds. The maximum absolute atomic E-state index is 11.2. The molecule has 88 valence electrons. The van der Waals surface area contributed by atoms with E-state index >= 15 is 0 Å². The van der Waals surface area contributed by atoms with Crippen molar-refractivity contribution in [3.05, 3.63) is 31.9 Å². The molecule has 17 heavy (non-hydrogen) atoms. The van der Waals surface area contributed by atoms with E-state index in [1.165, 1.54) is 12.1 Å². The van der Waals surface area contributed by atoms with Crippen LogP contribution in [0.15, 0.2) is 18.2 Å². The molecular weight excluding hydrogens is 364 g/mol. The molecule has 0 aromatic heterocycles. The first-order valence-electron chi connectivity index (χ1n) is 4.69. The molecular formula is C10H11IKNO4. The molecule has 1 rings (SSSR count). The minimum atomic E-state index is -0.559. The van der Waals surface area contributed by atoms with Crippen LogP contribution in [0.1, 0.15) is 19.8 Å². The van der Waals surface area contributed by atoms with Gasteiger partial charge in [-0.3, -0.25) is 14.9 Å². The molecule has 1 aromatic rings. The van der Waals surface area contributed by atoms with Gasteiger partial charge in [0.1, 0.15) is 0 Å². The van der Waals surface area contributed by atoms with Gasteiger partial charge in [0.15, 0.2) is 0 Å². The first-order chi connectivity index (χ1) is 7.54. The zero-order valence-electron chi connectivity index (χ0n) is 8.60. The van der Waals surface area contributed by atoms with Gasteiger partial charge in [-0.15, -0.1) is 0 Å². The second kappa shape index (κ2) is 8.54. The van der Waals surface area contributed by atoms with Crippen molar-refractivity contribution in [1.29, 1.82) is 0 Å². The van der Waals surface area contributed by atoms with Crippen LogP contribution < -0.4 is 4.74 Å². The summed E-state index contributed by atoms with van der Waals surface area (Å²) >= 11 is 1.96. The average molecular weight is 375 g/mol. The van der Waals surface area contributed by atoms with Gasteiger partial charge in [0.25, 0.3) is 0 Å². The number of nitro benzene ring substituents is 1. The molecule has 0 atom stereocenters. The van der Waals surface area contributed by atoms with Gasteiger partial charge >= 0.3 is 63.0 Å². The molecule has 7 heteroatoms. The number of rotatable bonds is 4. The van der Waals surface area contributed by atoms with E-state index in [1.54, 1.807) is 6.07 Å². The van der Waals surface area contributed by atoms with Crippen LogP contribution in [0.3, 0.4) is 0 Å². The summed E-state index contributed by atoms with van der Waals surface area (Å²) in [6.07, 6.45) is 0.903. The summed E-state index contributed by atoms with van der Waals surface area (Å²) < 4.78 is 5.64. The Morgan fingerprint density at radius 3 is 2.71 bits per heavy atom. The van der Waals surface area contributed by atoms with Crippen molar-refractivity contribution in [3.8, 4) is 5.75 Å². The predicted molar refractivity (Wildman–Crippen MR) is 73.5 cm³/mol. The molecule has 0 aliphatic carbocycles. The Balaban J connectivity index is 0.00000256. The molecule has 0 fully saturated rings. The second-order valence-electron chi connectivity index (χ2n) is 3.09. The normalized spacial score (nSPS) is 9.29. The van der Waals surface area contributed by atoms with Crippen molar-refractivity contribution in [3.63, 3.8) is 0 Å². The third-order valence-corrected chi connectivity index (χ3v) is 2.47. The van der Waals surface area contributed by atoms with Gasteiger partial charge < -0.3 is 4.74 Å². The monoisotopic (exact) mass is 375 g/mol. The fourth-order valence-corrected chi connectivity index (χ4v) is 1.57. The van der Waals surface area contributed by atoms with Gasteiger partial charge in [-0.25, -0.2) is 0 Å². The summed E-state index contributed by atoms with van der Waals surface area (Å²) in [4.78, 5) is 21.4. The fraction of sp³-hybridized carbons (Fsp3) is 0.300. The van der Waals surface area contributed by atoms with E-state index in [-0.39, 0.29) is 69.2 Å². The van der Waals surface area contributed by atoms with Crippen LogP contribution in [0.25, 0.3) is 0 Å². The van der Waals surface area contributed by atoms with E-state index < -0.39 is 10.9 Å². The zero-order chi connectivity index (χ0) is 12.1. The number of nitro groups is 1. The number of halogens is 1. The van der Waals surface area contributed by atoms with Gasteiger partial charge in [-0.1, -0.05) is 6.92 Å². The molecule has 0 radical (unpaired) electrons. The SMILES string of the molecule is CCCC(=O)Oc1ccc(I)cc1[N+](=O)[O-].[KH]. The number of carbonyl (C=O) groups excluding carboxylic acids is 1. The molecule has 0 heterocycles. The second-order valence-corrected chi connectivity index (χ2v) is 4.34. The van der Waals surface area contributed by atoms with E-state index in [2.05, 4.69) is 0 Å². The van der Waals surface area contributed by atoms with Crippen LogP contribution in [0, 0.1) is 13.7 Å². The van der Waals surface area contributed by atoms with E-state index in [0.29, 0.717) is 6.42 Å². The van der Waals surface area contributed by atoms with Crippen LogP contribution >= 0.6 is 22.6 Å². The Kier molecular flexibility index (Phi) is 8.77. The fourth-order valence-electron chi connectivity index (χ4n) is 1.10. The van der Waals surface area contributed by atoms with Crippen molar-refractivity contribution < 1.29 is 14.5 Å². The maximum atomic E-state index is 11.2. The summed E-state index contributed by atoms with van der Waals surface area (Å²) in [7, 11) is 0. The van der Waals surface area contributed by atoms with E-state index in [9.17, 15) is 14.9 Å². The molecule has 0 unspecified atom stereocenters. The van der Waals surface area contributed by atoms with Crippen LogP contribution in [-0.2, 0) is 4.79 Å². The number of hydrogen-bond acceptors (Lipinski definition) is 4. The van der Waals surface area contributed by atoms with Crippen molar-refractivity contribution in [2.24, 2.45) is 0 Å². The number of esters is 1. The topological polar surface area (TPSA) is 69.4 Å². The van der Waals surface area contributed by atoms with E-state index in [4.69, 9.17) is 4.74 Å². The first kappa shape index (κ1) is 17.5. The van der Waals surface area contributed by atoms with Crippen LogP contribution in [0.2, 0.25) is 0 Å². The Morgan fingerprint density at radius 1 is 1.53 bits per heavy atom. The summed E-state index contributed by atoms with van der Waals surface area (Å²) in [6, 6.07) is 4.46. The first-order valence-corrected chi connectivity index (χ1v) is 5.77. The third-order valence-electron chi connectivity index (χ3n) is 1.80. The number of nitrogens with zero attached hydrogens (tertiary/aromatic N) is 1. The van der Waals surface area contributed by atoms with E-state index in [0.717, 1.165) is 3.57 Å². The molecule has 0 aliphatic rings. The van der Waals surface area contributed by atoms with Crippen LogP contribution in [0.4, 0.5) is 5.69 Å². The molecule has 0 aliphatic heterocycles. The summed E-state index contributed by atoms with van der Waals surface area (Å²) in [6.45, 7) is 1.84. The Bertz CT molecular complexity index is 425. The Labute approximate surface area is 155 Å². The molecule has 0 spiro atoms. The van der Waals surface area contributed by atoms with Gasteiger partial charge in [0, 0.05) is 16.1 Å². The molecule has 0 bridgehead atoms. The zero-order valence-corrected chi connectivity index (χ0v) is 10.8. The van der Waals surface area contributed by atoms with Crippen molar-refractivity contribution in [1.82, 2.24) is 0 Å². The number of carbonyl (C=O) groups is 1. The van der Waals surface area contributed by atoms with Crippen molar-refractivity contribution >= 4 is 85.6 Å². The molecule has 5 nitrogen and oxygen atoms in total. The van der Waals surface area contributed by atoms with Crippen molar-refractivity contribution in [2.75, 3.05) is 0 Å². The number of hydrogen-bond donors (Lipinski definition) is 0. The molecule has 0 saturated carbocycles. The Hall–Kier alpha value is 0.456. The van der Waals surface area contributed by atoms with Gasteiger partial charge in [-0.05, 0) is 41.1 Å². The predicted octanol–water partition coefficient (Wildman–Crippen LogP) is 2.26. The van der Waals surface area contributed by atoms with Gasteiger partial charge in [-0.2, -0.15) is 0 Å². The third kappa shape index (κ3) is 5.75. The average Bonchev–Trinajstić information content (AvgIpc) is 2.20. The van der Waals surface area contributed by atoms with Gasteiger partial charge in [0.2, 0.25) is 5.75 Å². The number of benzene rings is 1. The summed E-state index contributed by atoms with van der Waals surface area (Å²) in [5, 5.41) is 10.7. The quantitative estimate of drug-likeness (QED) is 0.202. The van der Waals surface area contributed by atoms with Crippen LogP contribution in [-0.4, -0.2) is 62.3 Å². The molecule has 0 N–H and O–H groups in total. The van der Waals surface area contributed by atoms with Gasteiger partial charge in [0.05, 0.1) is 4.92 Å². The van der Waals surface area contributed by atoms with Crippen molar-refractivity contribution in [2.45, 2.75) is 19.8 Å². The Morgan fingerprint density at radius 2 is 2.18 bits per heavy atom. The van der Waals surface area contributed by atoms with E-state index in [1.807, 2.05) is 29.5 Å². The summed E-state index contributed by atoms with van der Waals surface area (Å²) in [5.74, 6) is -0.448. The molecule has 0 saturated heterocycles. The van der Waals surface area contributed by atoms with Crippen LogP contribution in [0.5, 0.6) is 5.75 Å². The summed E-state index contributed by atoms with van der Waals surface area (Å²) in [5.41, 5.74) is -0.184. The standard InChI is InChI=1S/C10H10INO4.K.H/c1-2-3-10(13)16-9-5-4-7(11)6-8(9)12(14)15;;/h4-6H,2-3H2,1H3;;.